The molecule has 2 aliphatic heterocycles. The largest absolute Gasteiger partial charge is 0.493 e. The van der Waals surface area contributed by atoms with Gasteiger partial charge in [-0.1, -0.05) is 6.07 Å². The molecule has 3 amide bonds. The number of pyridine rings is 1. The van der Waals surface area contributed by atoms with Crippen molar-refractivity contribution in [2.45, 2.75) is 75.3 Å². The van der Waals surface area contributed by atoms with Gasteiger partial charge in [0.2, 0.25) is 11.8 Å². The van der Waals surface area contributed by atoms with Crippen molar-refractivity contribution in [2.24, 2.45) is 13.0 Å². The standard InChI is InChI=1S/C40H44F4N10O5/c1-50(29-13-14-52(20-25(29)41)30-5-4-6-31-36(30)51(2)39(58)54(31)32-11-12-35(55)48-38(32)57)19-22-7-9-23(10-8-22)26-15-24-16-27(33(59-3)21-53(24)49-26)47-37(56)28-17-45-18-34(46-28)40(42,43)44/h4-6,15-18,21-23,25,29,32H,7-14,19-20H2,1-3H3,(H,47,56)(H,48,55,57)/t22?,23?,25-,29+,32?/m0/s1. The summed E-state index contributed by atoms with van der Waals surface area (Å²) in [4.78, 5) is 61.8. The van der Waals surface area contributed by atoms with Crippen molar-refractivity contribution in [1.82, 2.24) is 38.9 Å². The first kappa shape index (κ1) is 40.0. The molecular formula is C40H44F4N10O5. The van der Waals surface area contributed by atoms with Crippen molar-refractivity contribution in [3.63, 3.8) is 0 Å². The predicted molar refractivity (Wildman–Crippen MR) is 208 cm³/mol. The quantitative estimate of drug-likeness (QED) is 0.155. The second-order valence-electron chi connectivity index (χ2n) is 15.7. The van der Waals surface area contributed by atoms with Crippen LogP contribution in [0.25, 0.3) is 16.6 Å². The van der Waals surface area contributed by atoms with E-state index in [4.69, 9.17) is 9.84 Å². The molecule has 3 fully saturated rings. The van der Waals surface area contributed by atoms with Crippen LogP contribution < -0.4 is 26.0 Å². The third kappa shape index (κ3) is 7.74. The van der Waals surface area contributed by atoms with E-state index in [0.29, 0.717) is 41.6 Å². The number of aromatic nitrogens is 6. The van der Waals surface area contributed by atoms with Crippen LogP contribution >= 0.6 is 0 Å². The van der Waals surface area contributed by atoms with Gasteiger partial charge in [-0.25, -0.2) is 18.7 Å². The number of imidazole rings is 1. The maximum Gasteiger partial charge on any atom is 0.434 e. The number of imide groups is 1. The van der Waals surface area contributed by atoms with Crippen molar-refractivity contribution in [1.29, 1.82) is 0 Å². The number of carbonyl (C=O) groups excluding carboxylic acids is 3. The molecule has 19 heteroatoms. The number of rotatable bonds is 9. The SMILES string of the molecule is COc1cn2nc(C3CCC(CN(C)[C@@H]4CCN(c5cccc6c5n(C)c(=O)n6C5CCC(=O)NC5=O)C[C@@H]4F)CC3)cc2cc1NC(=O)c1cncc(C(F)(F)F)n1. The number of methoxy groups -OCH3 is 1. The highest BCUT2D eigenvalue weighted by molar-refractivity contribution is 6.04. The van der Waals surface area contributed by atoms with E-state index in [1.54, 1.807) is 29.9 Å². The Morgan fingerprint density at radius 2 is 1.85 bits per heavy atom. The second-order valence-corrected chi connectivity index (χ2v) is 15.7. The molecule has 1 aliphatic carbocycles. The molecule has 1 aromatic carbocycles. The Morgan fingerprint density at radius 1 is 1.07 bits per heavy atom. The number of piperidine rings is 2. The molecule has 5 aromatic rings. The number of benzene rings is 1. The van der Waals surface area contributed by atoms with Crippen molar-refractivity contribution < 1.29 is 36.7 Å². The molecule has 6 heterocycles. The topological polar surface area (TPSA) is 161 Å². The van der Waals surface area contributed by atoms with Crippen LogP contribution in [0.2, 0.25) is 0 Å². The first-order valence-corrected chi connectivity index (χ1v) is 19.6. The fraction of sp³-hybridized carbons (Fsp3) is 0.475. The molecule has 15 nitrogen and oxygen atoms in total. The Morgan fingerprint density at radius 3 is 2.56 bits per heavy atom. The minimum Gasteiger partial charge on any atom is -0.493 e. The number of anilines is 2. The van der Waals surface area contributed by atoms with Crippen molar-refractivity contribution in [3.8, 4) is 5.75 Å². The van der Waals surface area contributed by atoms with Gasteiger partial charge >= 0.3 is 11.9 Å². The van der Waals surface area contributed by atoms with Gasteiger partial charge in [0, 0.05) is 38.5 Å². The van der Waals surface area contributed by atoms with Gasteiger partial charge in [-0.2, -0.15) is 18.3 Å². The maximum atomic E-state index is 16.1. The number of fused-ring (bicyclic) bond motifs is 2. The van der Waals surface area contributed by atoms with Crippen molar-refractivity contribution in [3.05, 3.63) is 76.5 Å². The Hall–Kier alpha value is -5.85. The summed E-state index contributed by atoms with van der Waals surface area (Å²) in [5.41, 5.74) is 1.58. The zero-order chi connectivity index (χ0) is 41.7. The van der Waals surface area contributed by atoms with Crippen molar-refractivity contribution in [2.75, 3.05) is 44.0 Å². The third-order valence-corrected chi connectivity index (χ3v) is 12.0. The molecule has 3 atom stereocenters. The molecule has 1 saturated carbocycles. The number of carbonyl (C=O) groups is 3. The van der Waals surface area contributed by atoms with E-state index in [2.05, 4.69) is 25.5 Å². The van der Waals surface area contributed by atoms with E-state index in [0.717, 1.165) is 49.8 Å². The molecule has 0 radical (unpaired) electrons. The number of hydrogen-bond acceptors (Lipinski definition) is 10. The van der Waals surface area contributed by atoms with Gasteiger partial charge < -0.3 is 19.9 Å². The number of hydrogen-bond donors (Lipinski definition) is 2. The second kappa shape index (κ2) is 15.7. The minimum atomic E-state index is -4.75. The summed E-state index contributed by atoms with van der Waals surface area (Å²) in [6.45, 7) is 1.49. The Labute approximate surface area is 335 Å². The van der Waals surface area contributed by atoms with Crippen LogP contribution in [0.5, 0.6) is 5.75 Å². The van der Waals surface area contributed by atoms with E-state index in [1.165, 1.54) is 16.2 Å². The smallest absolute Gasteiger partial charge is 0.434 e. The van der Waals surface area contributed by atoms with Crippen LogP contribution in [0, 0.1) is 5.92 Å². The van der Waals surface area contributed by atoms with Crippen LogP contribution in [0.15, 0.2) is 53.7 Å². The molecule has 0 spiro atoms. The van der Waals surface area contributed by atoms with Crippen molar-refractivity contribution >= 4 is 45.6 Å². The van der Waals surface area contributed by atoms with Crippen LogP contribution in [0.4, 0.5) is 28.9 Å². The lowest BCUT2D eigenvalue weighted by molar-refractivity contribution is -0.141. The molecule has 8 rings (SSSR count). The summed E-state index contributed by atoms with van der Waals surface area (Å²) < 4.78 is 65.6. The number of ether oxygens (including phenoxy) is 1. The third-order valence-electron chi connectivity index (χ3n) is 12.0. The molecule has 2 N–H and O–H groups in total. The highest BCUT2D eigenvalue weighted by Gasteiger charge is 2.37. The number of nitrogens with one attached hydrogen (secondary N) is 2. The van der Waals surface area contributed by atoms with E-state index in [-0.39, 0.29) is 54.4 Å². The van der Waals surface area contributed by atoms with Gasteiger partial charge in [0.25, 0.3) is 5.91 Å². The van der Waals surface area contributed by atoms with Gasteiger partial charge in [-0.05, 0) is 75.8 Å². The average molecular weight is 821 g/mol. The normalized spacial score (nSPS) is 22.9. The predicted octanol–water partition coefficient (Wildman–Crippen LogP) is 4.86. The molecule has 312 valence electrons. The highest BCUT2D eigenvalue weighted by Crippen LogP contribution is 2.38. The van der Waals surface area contributed by atoms with Crippen LogP contribution in [-0.4, -0.2) is 97.3 Å². The minimum absolute atomic E-state index is 0.144. The first-order chi connectivity index (χ1) is 28.2. The fourth-order valence-corrected chi connectivity index (χ4v) is 8.99. The number of nitrogens with zero attached hydrogens (tertiary/aromatic N) is 8. The van der Waals surface area contributed by atoms with Gasteiger partial charge in [0.1, 0.15) is 17.9 Å². The van der Waals surface area contributed by atoms with Crippen LogP contribution in [-0.2, 0) is 22.8 Å². The summed E-state index contributed by atoms with van der Waals surface area (Å²) in [6.07, 6.45) is 1.82. The lowest BCUT2D eigenvalue weighted by Gasteiger charge is -2.42. The Bertz CT molecular complexity index is 2490. The molecule has 1 unspecified atom stereocenters. The number of para-hydroxylation sites is 1. The first-order valence-electron chi connectivity index (χ1n) is 19.6. The molecule has 4 aromatic heterocycles. The number of halogens is 4. The van der Waals surface area contributed by atoms with E-state index in [9.17, 15) is 32.3 Å². The Balaban J connectivity index is 0.881. The molecule has 3 aliphatic rings. The van der Waals surface area contributed by atoms with Crippen LogP contribution in [0.3, 0.4) is 0 Å². The molecular weight excluding hydrogens is 776 g/mol. The lowest BCUT2D eigenvalue weighted by Crippen LogP contribution is -2.52. The van der Waals surface area contributed by atoms with E-state index >= 15 is 4.39 Å². The molecule has 59 heavy (non-hydrogen) atoms. The van der Waals surface area contributed by atoms with E-state index < -0.39 is 41.6 Å². The Kier molecular flexibility index (Phi) is 10.6. The van der Waals surface area contributed by atoms with Gasteiger partial charge in [-0.15, -0.1) is 0 Å². The van der Waals surface area contributed by atoms with Gasteiger partial charge in [0.05, 0.1) is 65.9 Å². The zero-order valence-electron chi connectivity index (χ0n) is 32.7. The lowest BCUT2D eigenvalue weighted by atomic mass is 9.80. The summed E-state index contributed by atoms with van der Waals surface area (Å²) in [6, 6.07) is 7.97. The highest BCUT2D eigenvalue weighted by atomic mass is 19.4. The number of amides is 3. The summed E-state index contributed by atoms with van der Waals surface area (Å²) in [5.74, 6) is -0.921. The zero-order valence-corrected chi connectivity index (χ0v) is 32.7. The number of aryl methyl sites for hydroxylation is 1. The average Bonchev–Trinajstić information content (AvgIpc) is 3.74. The summed E-state index contributed by atoms with van der Waals surface area (Å²) in [5, 5.41) is 9.71. The fourth-order valence-electron chi connectivity index (χ4n) is 8.99. The maximum absolute atomic E-state index is 16.1. The molecule has 0 bridgehead atoms. The van der Waals surface area contributed by atoms with E-state index in [1.807, 2.05) is 30.1 Å². The summed E-state index contributed by atoms with van der Waals surface area (Å²) >= 11 is 0. The van der Waals surface area contributed by atoms with Gasteiger partial charge in [0.15, 0.2) is 11.4 Å². The number of alkyl halides is 4. The summed E-state index contributed by atoms with van der Waals surface area (Å²) in [7, 11) is 5.04. The van der Waals surface area contributed by atoms with Crippen LogP contribution in [0.1, 0.15) is 78.8 Å². The van der Waals surface area contributed by atoms with Gasteiger partial charge in [-0.3, -0.25) is 33.8 Å². The monoisotopic (exact) mass is 820 g/mol. The molecule has 2 saturated heterocycles.